The molecule has 3 nitrogen and oxygen atoms in total. The summed E-state index contributed by atoms with van der Waals surface area (Å²) >= 11 is 6.03. The van der Waals surface area contributed by atoms with Crippen LogP contribution in [0.2, 0.25) is 5.02 Å². The van der Waals surface area contributed by atoms with Crippen LogP contribution < -0.4 is 5.73 Å². The van der Waals surface area contributed by atoms with E-state index in [1.165, 1.54) is 0 Å². The molecule has 0 bridgehead atoms. The van der Waals surface area contributed by atoms with E-state index in [0.717, 1.165) is 32.8 Å². The number of benzene rings is 2. The monoisotopic (exact) mass is 268 g/mol. The van der Waals surface area contributed by atoms with Crippen molar-refractivity contribution in [3.8, 4) is 0 Å². The van der Waals surface area contributed by atoms with Crippen LogP contribution in [0, 0.1) is 0 Å². The summed E-state index contributed by atoms with van der Waals surface area (Å²) in [6.45, 7) is 0. The molecule has 0 unspecified atom stereocenters. The first-order valence-electron chi connectivity index (χ1n) is 5.90. The molecule has 19 heavy (non-hydrogen) atoms. The maximum atomic E-state index is 6.03. The van der Waals surface area contributed by atoms with Crippen molar-refractivity contribution in [1.29, 1.82) is 0 Å². The number of fused-ring (bicyclic) bond motifs is 5. The second-order valence-corrected chi connectivity index (χ2v) is 4.90. The third-order valence-corrected chi connectivity index (χ3v) is 3.54. The van der Waals surface area contributed by atoms with E-state index in [0.29, 0.717) is 10.8 Å². The quantitative estimate of drug-likeness (QED) is 0.515. The van der Waals surface area contributed by atoms with Crippen LogP contribution in [0.5, 0.6) is 0 Å². The molecule has 0 radical (unpaired) electrons. The summed E-state index contributed by atoms with van der Waals surface area (Å²) in [6.07, 6.45) is 0. The summed E-state index contributed by atoms with van der Waals surface area (Å²) in [5.74, 6) is 0.505. The Morgan fingerprint density at radius 1 is 1.00 bits per heavy atom. The van der Waals surface area contributed by atoms with Crippen LogP contribution >= 0.6 is 11.6 Å². The molecule has 0 saturated carbocycles. The normalized spacial score (nSPS) is 11.6. The van der Waals surface area contributed by atoms with Gasteiger partial charge < -0.3 is 10.2 Å². The molecule has 0 aliphatic carbocycles. The Morgan fingerprint density at radius 2 is 1.79 bits per heavy atom. The molecule has 2 N–H and O–H groups in total. The molecule has 2 aromatic heterocycles. The van der Waals surface area contributed by atoms with Crippen LogP contribution in [0.1, 0.15) is 0 Å². The predicted molar refractivity (Wildman–Crippen MR) is 78.4 cm³/mol. The van der Waals surface area contributed by atoms with Gasteiger partial charge in [-0.15, -0.1) is 0 Å². The van der Waals surface area contributed by atoms with Crippen molar-refractivity contribution in [1.82, 2.24) is 4.98 Å². The van der Waals surface area contributed by atoms with Crippen molar-refractivity contribution in [3.63, 3.8) is 0 Å². The second kappa shape index (κ2) is 3.62. The topological polar surface area (TPSA) is 52.0 Å². The SMILES string of the molecule is Nc1nc2c3cc(Cl)ccc3oc2c2ccccc12. The number of pyridine rings is 1. The molecule has 0 amide bonds. The highest BCUT2D eigenvalue weighted by atomic mass is 35.5. The molecule has 4 rings (SSSR count). The smallest absolute Gasteiger partial charge is 0.161 e. The lowest BCUT2D eigenvalue weighted by Crippen LogP contribution is -1.91. The van der Waals surface area contributed by atoms with Crippen LogP contribution in [-0.4, -0.2) is 4.98 Å². The number of anilines is 1. The van der Waals surface area contributed by atoms with Crippen molar-refractivity contribution in [2.24, 2.45) is 0 Å². The molecule has 0 spiro atoms. The zero-order valence-corrected chi connectivity index (χ0v) is 10.6. The Balaban J connectivity index is 2.32. The first-order valence-corrected chi connectivity index (χ1v) is 6.28. The first-order chi connectivity index (χ1) is 9.24. The van der Waals surface area contributed by atoms with E-state index in [4.69, 9.17) is 21.8 Å². The van der Waals surface area contributed by atoms with Gasteiger partial charge in [0.1, 0.15) is 16.9 Å². The molecule has 0 saturated heterocycles. The van der Waals surface area contributed by atoms with Gasteiger partial charge in [-0.3, -0.25) is 0 Å². The number of nitrogens with zero attached hydrogens (tertiary/aromatic N) is 1. The summed E-state index contributed by atoms with van der Waals surface area (Å²) in [7, 11) is 0. The number of furan rings is 1. The second-order valence-electron chi connectivity index (χ2n) is 4.46. The molecule has 4 aromatic rings. The Labute approximate surface area is 113 Å². The maximum absolute atomic E-state index is 6.03. The van der Waals surface area contributed by atoms with E-state index in [-0.39, 0.29) is 0 Å². The molecule has 2 aromatic carbocycles. The largest absolute Gasteiger partial charge is 0.454 e. The third kappa shape index (κ3) is 1.42. The van der Waals surface area contributed by atoms with Crippen LogP contribution in [0.4, 0.5) is 5.82 Å². The Morgan fingerprint density at radius 3 is 2.63 bits per heavy atom. The van der Waals surface area contributed by atoms with E-state index >= 15 is 0 Å². The Bertz CT molecular complexity index is 943. The molecule has 92 valence electrons. The molecule has 0 fully saturated rings. The lowest BCUT2D eigenvalue weighted by molar-refractivity contribution is 0.672. The van der Waals surface area contributed by atoms with Gasteiger partial charge in [-0.05, 0) is 18.2 Å². The van der Waals surface area contributed by atoms with Crippen LogP contribution in [0.3, 0.4) is 0 Å². The number of nitrogens with two attached hydrogens (primary N) is 1. The highest BCUT2D eigenvalue weighted by Gasteiger charge is 2.13. The molecular formula is C15H9ClN2O. The van der Waals surface area contributed by atoms with Crippen LogP contribution in [-0.2, 0) is 0 Å². The summed E-state index contributed by atoms with van der Waals surface area (Å²) in [5.41, 5.74) is 8.30. The predicted octanol–water partition coefficient (Wildman–Crippen LogP) is 4.37. The third-order valence-electron chi connectivity index (χ3n) is 3.30. The highest BCUT2D eigenvalue weighted by molar-refractivity contribution is 6.31. The standard InChI is InChI=1S/C15H9ClN2O/c16-8-5-6-12-11(7-8)13-14(19-12)9-3-1-2-4-10(9)15(17)18-13/h1-7H,(H2,17,18). The number of hydrogen-bond acceptors (Lipinski definition) is 3. The average Bonchev–Trinajstić information content (AvgIpc) is 2.78. The zero-order chi connectivity index (χ0) is 13.0. The summed E-state index contributed by atoms with van der Waals surface area (Å²) in [5, 5.41) is 3.42. The number of halogens is 1. The summed E-state index contributed by atoms with van der Waals surface area (Å²) < 4.78 is 5.90. The fourth-order valence-corrected chi connectivity index (χ4v) is 2.61. The van der Waals surface area contributed by atoms with E-state index < -0.39 is 0 Å². The van der Waals surface area contributed by atoms with E-state index in [1.807, 2.05) is 36.4 Å². The van der Waals surface area contributed by atoms with Crippen molar-refractivity contribution in [2.45, 2.75) is 0 Å². The van der Waals surface area contributed by atoms with Gasteiger partial charge in [-0.25, -0.2) is 4.98 Å². The molecule has 0 aliphatic rings. The van der Waals surface area contributed by atoms with E-state index in [1.54, 1.807) is 6.07 Å². The van der Waals surface area contributed by atoms with Crippen LogP contribution in [0.15, 0.2) is 46.9 Å². The van der Waals surface area contributed by atoms with Gasteiger partial charge in [0.25, 0.3) is 0 Å². The molecular weight excluding hydrogens is 260 g/mol. The summed E-state index contributed by atoms with van der Waals surface area (Å²) in [6, 6.07) is 13.3. The molecule has 0 atom stereocenters. The number of hydrogen-bond donors (Lipinski definition) is 1. The number of nitrogen functional groups attached to an aromatic ring is 1. The van der Waals surface area contributed by atoms with Gasteiger partial charge in [0.2, 0.25) is 0 Å². The highest BCUT2D eigenvalue weighted by Crippen LogP contribution is 2.35. The van der Waals surface area contributed by atoms with Gasteiger partial charge in [0, 0.05) is 21.2 Å². The number of aromatic nitrogens is 1. The fourth-order valence-electron chi connectivity index (χ4n) is 2.44. The lowest BCUT2D eigenvalue weighted by Gasteiger charge is -2.01. The first kappa shape index (κ1) is 10.6. The van der Waals surface area contributed by atoms with Crippen molar-refractivity contribution in [2.75, 3.05) is 5.73 Å². The Kier molecular flexibility index (Phi) is 2.03. The Hall–Kier alpha value is -2.26. The molecule has 2 heterocycles. The van der Waals surface area contributed by atoms with Crippen molar-refractivity contribution in [3.05, 3.63) is 47.5 Å². The van der Waals surface area contributed by atoms with Gasteiger partial charge in [0.05, 0.1) is 0 Å². The minimum Gasteiger partial charge on any atom is -0.454 e. The lowest BCUT2D eigenvalue weighted by atomic mass is 10.1. The molecule has 4 heteroatoms. The van der Waals surface area contributed by atoms with Crippen molar-refractivity contribution >= 4 is 50.3 Å². The molecule has 0 aliphatic heterocycles. The van der Waals surface area contributed by atoms with Gasteiger partial charge in [-0.1, -0.05) is 35.9 Å². The zero-order valence-electron chi connectivity index (χ0n) is 9.85. The van der Waals surface area contributed by atoms with E-state index in [9.17, 15) is 0 Å². The van der Waals surface area contributed by atoms with Crippen molar-refractivity contribution < 1.29 is 4.42 Å². The van der Waals surface area contributed by atoms with Crippen LogP contribution in [0.25, 0.3) is 32.8 Å². The average molecular weight is 269 g/mol. The van der Waals surface area contributed by atoms with Gasteiger partial charge in [0.15, 0.2) is 5.58 Å². The fraction of sp³-hybridized carbons (Fsp3) is 0. The minimum atomic E-state index is 0.505. The minimum absolute atomic E-state index is 0.505. The van der Waals surface area contributed by atoms with Gasteiger partial charge in [-0.2, -0.15) is 0 Å². The van der Waals surface area contributed by atoms with Gasteiger partial charge >= 0.3 is 0 Å². The number of rotatable bonds is 0. The summed E-state index contributed by atoms with van der Waals surface area (Å²) in [4.78, 5) is 4.46. The van der Waals surface area contributed by atoms with E-state index in [2.05, 4.69) is 4.98 Å². The maximum Gasteiger partial charge on any atom is 0.161 e.